The van der Waals surface area contributed by atoms with Crippen molar-refractivity contribution >= 4 is 40.7 Å². The Bertz CT molecular complexity index is 1560. The Hall–Kier alpha value is -4.53. The molecular formula is C31H33FN4O8S. The minimum atomic E-state index is -1.09. The molecule has 0 aliphatic carbocycles. The van der Waals surface area contributed by atoms with Gasteiger partial charge in [0, 0.05) is 22.2 Å². The number of rotatable bonds is 9. The van der Waals surface area contributed by atoms with Gasteiger partial charge in [0.05, 0.1) is 45.5 Å². The van der Waals surface area contributed by atoms with E-state index >= 15 is 0 Å². The van der Waals surface area contributed by atoms with Gasteiger partial charge >= 0.3 is 5.97 Å². The largest absolute Gasteiger partial charge is 0.465 e. The molecule has 1 spiro atoms. The summed E-state index contributed by atoms with van der Waals surface area (Å²) in [5, 5.41) is 9.82. The lowest BCUT2D eigenvalue weighted by Crippen LogP contribution is -2.49. The minimum Gasteiger partial charge on any atom is -0.465 e. The van der Waals surface area contributed by atoms with E-state index in [9.17, 15) is 28.5 Å². The number of nitrogens with zero attached hydrogens (tertiary/aromatic N) is 2. The van der Waals surface area contributed by atoms with Gasteiger partial charge < -0.3 is 29.7 Å². The Morgan fingerprint density at radius 2 is 1.73 bits per heavy atom. The van der Waals surface area contributed by atoms with E-state index in [2.05, 4.69) is 20.5 Å². The van der Waals surface area contributed by atoms with E-state index in [4.69, 9.17) is 9.47 Å². The third-order valence-corrected chi connectivity index (χ3v) is 8.09. The van der Waals surface area contributed by atoms with Gasteiger partial charge in [-0.05, 0) is 46.6 Å². The van der Waals surface area contributed by atoms with E-state index in [0.29, 0.717) is 24.3 Å². The molecule has 12 nitrogen and oxygen atoms in total. The van der Waals surface area contributed by atoms with E-state index in [0.717, 1.165) is 18.1 Å². The number of hydrogen-bond donors (Lipinski definition) is 2. The number of amides is 3. The summed E-state index contributed by atoms with van der Waals surface area (Å²) in [5.41, 5.74) is 1.51. The number of esters is 1. The fourth-order valence-corrected chi connectivity index (χ4v) is 5.72. The maximum atomic E-state index is 14.0. The summed E-state index contributed by atoms with van der Waals surface area (Å²) in [6.45, 7) is 4.47. The molecule has 2 aliphatic rings. The number of hydrogen-bond acceptors (Lipinski definition) is 10. The molecular weight excluding hydrogens is 607 g/mol. The van der Waals surface area contributed by atoms with Crippen LogP contribution in [-0.4, -0.2) is 73.8 Å². The number of carbonyl (C=O) groups is 4. The second-order valence-electron chi connectivity index (χ2n) is 9.88. The lowest BCUT2D eigenvalue weighted by atomic mass is 10.0. The van der Waals surface area contributed by atoms with E-state index in [-0.39, 0.29) is 42.9 Å². The fourth-order valence-electron chi connectivity index (χ4n) is 4.99. The van der Waals surface area contributed by atoms with Crippen molar-refractivity contribution in [2.75, 3.05) is 33.4 Å². The van der Waals surface area contributed by atoms with Crippen molar-refractivity contribution in [1.82, 2.24) is 15.5 Å². The SMILES string of the molecule is CC.COC(=O)c1cc(-c2ccc(C(=O)NCC(=O)N3CC4(CC3C(=O)NCc3cc(N=O)cs3)OCCO4)cc2)ccc1F. The predicted molar refractivity (Wildman–Crippen MR) is 163 cm³/mol. The number of halogens is 1. The molecule has 0 saturated carbocycles. The second kappa shape index (κ2) is 15.0. The van der Waals surface area contributed by atoms with Gasteiger partial charge in [0.1, 0.15) is 17.5 Å². The normalized spacial score (nSPS) is 16.4. The molecule has 1 unspecified atom stereocenters. The summed E-state index contributed by atoms with van der Waals surface area (Å²) in [4.78, 5) is 63.8. The number of thiophene rings is 1. The Kier molecular flexibility index (Phi) is 11.1. The summed E-state index contributed by atoms with van der Waals surface area (Å²) < 4.78 is 30.1. The van der Waals surface area contributed by atoms with Gasteiger partial charge in [-0.3, -0.25) is 14.4 Å². The molecule has 238 valence electrons. The van der Waals surface area contributed by atoms with Gasteiger partial charge in [-0.1, -0.05) is 32.0 Å². The minimum absolute atomic E-state index is 0.0257. The first-order valence-electron chi connectivity index (χ1n) is 14.2. The van der Waals surface area contributed by atoms with Crippen LogP contribution in [0.1, 0.15) is 45.9 Å². The second-order valence-corrected chi connectivity index (χ2v) is 10.9. The highest BCUT2D eigenvalue weighted by Crippen LogP contribution is 2.35. The van der Waals surface area contributed by atoms with Crippen LogP contribution >= 0.6 is 11.3 Å². The van der Waals surface area contributed by atoms with E-state index in [1.54, 1.807) is 23.6 Å². The quantitative estimate of drug-likeness (QED) is 0.261. The Labute approximate surface area is 262 Å². The zero-order valence-corrected chi connectivity index (χ0v) is 25.8. The molecule has 0 bridgehead atoms. The van der Waals surface area contributed by atoms with Gasteiger partial charge in [-0.2, -0.15) is 0 Å². The third kappa shape index (κ3) is 7.77. The number of likely N-dealkylation sites (tertiary alicyclic amines) is 1. The average molecular weight is 641 g/mol. The first kappa shape index (κ1) is 33.4. The van der Waals surface area contributed by atoms with Crippen molar-refractivity contribution in [3.8, 4) is 11.1 Å². The summed E-state index contributed by atoms with van der Waals surface area (Å²) >= 11 is 1.28. The predicted octanol–water partition coefficient (Wildman–Crippen LogP) is 4.16. The van der Waals surface area contributed by atoms with Crippen LogP contribution in [0.2, 0.25) is 0 Å². The van der Waals surface area contributed by atoms with Gasteiger partial charge in [0.15, 0.2) is 5.79 Å². The standard InChI is InChI=1S/C29H27FN4O8S.C2H6/c1-40-28(38)22-10-19(6-7-23(22)30)17-2-4-18(5-3-17)26(36)32-14-25(35)34-16-29(41-8-9-42-29)12-24(34)27(37)31-13-21-11-20(33-39)15-43-21;1-2/h2-7,10-11,15,24H,8-9,12-14,16H2,1H3,(H,31,37)(H,32,36);1-2H3. The van der Waals surface area contributed by atoms with Crippen LogP contribution in [0, 0.1) is 10.7 Å². The summed E-state index contributed by atoms with van der Waals surface area (Å²) in [5.74, 6) is -4.04. The van der Waals surface area contributed by atoms with Gasteiger partial charge in [0.2, 0.25) is 11.8 Å². The Morgan fingerprint density at radius 3 is 2.38 bits per heavy atom. The van der Waals surface area contributed by atoms with Crippen molar-refractivity contribution in [2.45, 2.75) is 38.6 Å². The lowest BCUT2D eigenvalue weighted by Gasteiger charge is -2.24. The molecule has 14 heteroatoms. The number of nitrogens with one attached hydrogen (secondary N) is 2. The summed E-state index contributed by atoms with van der Waals surface area (Å²) in [6, 6.07) is 11.0. The summed E-state index contributed by atoms with van der Waals surface area (Å²) in [6.07, 6.45) is 0.132. The van der Waals surface area contributed by atoms with Crippen LogP contribution in [0.25, 0.3) is 11.1 Å². The zero-order valence-electron chi connectivity index (χ0n) is 25.0. The van der Waals surface area contributed by atoms with Crippen LogP contribution < -0.4 is 10.6 Å². The molecule has 2 aliphatic heterocycles. The number of nitroso groups, excluding NO2 is 1. The molecule has 5 rings (SSSR count). The molecule has 1 aromatic heterocycles. The molecule has 45 heavy (non-hydrogen) atoms. The molecule has 2 N–H and O–H groups in total. The first-order valence-corrected chi connectivity index (χ1v) is 15.1. The fraction of sp³-hybridized carbons (Fsp3) is 0.355. The van der Waals surface area contributed by atoms with Crippen LogP contribution in [0.5, 0.6) is 0 Å². The average Bonchev–Trinajstić information content (AvgIpc) is 3.83. The van der Waals surface area contributed by atoms with E-state index in [1.807, 2.05) is 13.8 Å². The third-order valence-electron chi connectivity index (χ3n) is 7.16. The molecule has 2 aromatic carbocycles. The Morgan fingerprint density at radius 1 is 1.04 bits per heavy atom. The van der Waals surface area contributed by atoms with Crippen molar-refractivity contribution in [1.29, 1.82) is 0 Å². The van der Waals surface area contributed by atoms with E-state index < -0.39 is 41.3 Å². The van der Waals surface area contributed by atoms with Gasteiger partial charge in [-0.15, -0.1) is 16.2 Å². The summed E-state index contributed by atoms with van der Waals surface area (Å²) in [7, 11) is 1.16. The van der Waals surface area contributed by atoms with Crippen molar-refractivity contribution in [2.24, 2.45) is 5.18 Å². The molecule has 2 saturated heterocycles. The van der Waals surface area contributed by atoms with Crippen molar-refractivity contribution in [3.05, 3.63) is 80.6 Å². The number of benzene rings is 2. The molecule has 0 radical (unpaired) electrons. The zero-order chi connectivity index (χ0) is 32.6. The number of carbonyl (C=O) groups excluding carboxylic acids is 4. The number of methoxy groups -OCH3 is 1. The monoisotopic (exact) mass is 640 g/mol. The van der Waals surface area contributed by atoms with Crippen LogP contribution in [-0.2, 0) is 30.3 Å². The van der Waals surface area contributed by atoms with Crippen molar-refractivity contribution in [3.63, 3.8) is 0 Å². The highest BCUT2D eigenvalue weighted by molar-refractivity contribution is 7.10. The van der Waals surface area contributed by atoms with Crippen LogP contribution in [0.15, 0.2) is 59.1 Å². The first-order chi connectivity index (χ1) is 21.7. The molecule has 1 atom stereocenters. The van der Waals surface area contributed by atoms with Gasteiger partial charge in [-0.25, -0.2) is 9.18 Å². The Balaban J connectivity index is 0.00000226. The van der Waals surface area contributed by atoms with Crippen molar-refractivity contribution < 1.29 is 37.8 Å². The maximum Gasteiger partial charge on any atom is 0.340 e. The topological polar surface area (TPSA) is 153 Å². The molecule has 3 aromatic rings. The lowest BCUT2D eigenvalue weighted by molar-refractivity contribution is -0.152. The smallest absolute Gasteiger partial charge is 0.340 e. The van der Waals surface area contributed by atoms with Crippen LogP contribution in [0.3, 0.4) is 0 Å². The highest BCUT2D eigenvalue weighted by atomic mass is 32.1. The molecule has 3 amide bonds. The maximum absolute atomic E-state index is 14.0. The molecule has 3 heterocycles. The highest BCUT2D eigenvalue weighted by Gasteiger charge is 2.52. The molecule has 2 fully saturated rings. The van der Waals surface area contributed by atoms with E-state index in [1.165, 1.54) is 40.5 Å². The number of ether oxygens (including phenoxy) is 3. The van der Waals surface area contributed by atoms with Gasteiger partial charge in [0.25, 0.3) is 5.91 Å². The van der Waals surface area contributed by atoms with Crippen LogP contribution in [0.4, 0.5) is 10.1 Å².